The minimum Gasteiger partial charge on any atom is -0.232 e. The lowest BCUT2D eigenvalue weighted by Crippen LogP contribution is -2.14. The molecule has 0 radical (unpaired) electrons. The van der Waals surface area contributed by atoms with Gasteiger partial charge in [0.2, 0.25) is 5.95 Å². The molecule has 0 bridgehead atoms. The summed E-state index contributed by atoms with van der Waals surface area (Å²) >= 11 is 0. The van der Waals surface area contributed by atoms with E-state index in [1.165, 1.54) is 6.08 Å². The van der Waals surface area contributed by atoms with Gasteiger partial charge in [0.05, 0.1) is 0 Å². The highest BCUT2D eigenvalue weighted by atomic mass is 19.1. The van der Waals surface area contributed by atoms with Gasteiger partial charge in [0.1, 0.15) is 0 Å². The smallest absolute Gasteiger partial charge is 0.208 e. The molecule has 50 valence electrons. The number of hydrogen-bond donors (Lipinski definition) is 0. The van der Waals surface area contributed by atoms with E-state index in [2.05, 4.69) is 4.99 Å². The summed E-state index contributed by atoms with van der Waals surface area (Å²) in [5.74, 6) is -0.352. The summed E-state index contributed by atoms with van der Waals surface area (Å²) in [6.45, 7) is 4.05. The molecule has 0 unspecified atom stereocenters. The summed E-state index contributed by atoms with van der Waals surface area (Å²) in [5.41, 5.74) is 0.0512. The minimum atomic E-state index is -0.352. The van der Waals surface area contributed by atoms with E-state index >= 15 is 0 Å². The zero-order valence-corrected chi connectivity index (χ0v) is 5.69. The maximum atomic E-state index is 12.2. The van der Waals surface area contributed by atoms with Gasteiger partial charge in [-0.2, -0.15) is 4.39 Å². The Bertz CT molecular complexity index is 168. The first kappa shape index (κ1) is 6.46. The molecule has 0 amide bonds. The van der Waals surface area contributed by atoms with E-state index in [0.717, 1.165) is 6.42 Å². The second-order valence-electron chi connectivity index (χ2n) is 2.98. The van der Waals surface area contributed by atoms with Crippen molar-refractivity contribution in [3.63, 3.8) is 0 Å². The standard InChI is InChI=1S/C7H10FN/c1-7(2)4-3-6(8)9-5-7/h3,5H,4H2,1-2H3. The zero-order valence-electron chi connectivity index (χ0n) is 5.69. The van der Waals surface area contributed by atoms with Crippen molar-refractivity contribution >= 4 is 6.21 Å². The molecule has 1 aliphatic heterocycles. The Morgan fingerprint density at radius 1 is 1.67 bits per heavy atom. The molecule has 0 fully saturated rings. The van der Waals surface area contributed by atoms with Gasteiger partial charge < -0.3 is 0 Å². The van der Waals surface area contributed by atoms with Crippen molar-refractivity contribution in [3.05, 3.63) is 12.0 Å². The van der Waals surface area contributed by atoms with Gasteiger partial charge >= 0.3 is 0 Å². The van der Waals surface area contributed by atoms with Gasteiger partial charge in [-0.15, -0.1) is 0 Å². The van der Waals surface area contributed by atoms with Gasteiger partial charge in [-0.05, 0) is 12.5 Å². The van der Waals surface area contributed by atoms with Gasteiger partial charge in [0, 0.05) is 11.6 Å². The zero-order chi connectivity index (χ0) is 6.91. The first-order chi connectivity index (χ1) is 4.10. The summed E-state index contributed by atoms with van der Waals surface area (Å²) in [6.07, 6.45) is 3.92. The molecule has 0 spiro atoms. The lowest BCUT2D eigenvalue weighted by Gasteiger charge is -2.18. The highest BCUT2D eigenvalue weighted by Crippen LogP contribution is 2.23. The van der Waals surface area contributed by atoms with Crippen molar-refractivity contribution in [2.24, 2.45) is 10.4 Å². The number of hydrogen-bond acceptors (Lipinski definition) is 1. The third kappa shape index (κ3) is 1.63. The molecule has 0 saturated heterocycles. The molecular weight excluding hydrogens is 117 g/mol. The quantitative estimate of drug-likeness (QED) is 0.443. The Morgan fingerprint density at radius 2 is 2.33 bits per heavy atom. The summed E-state index contributed by atoms with van der Waals surface area (Å²) in [4.78, 5) is 3.55. The van der Waals surface area contributed by atoms with E-state index in [9.17, 15) is 4.39 Å². The van der Waals surface area contributed by atoms with Crippen molar-refractivity contribution in [1.29, 1.82) is 0 Å². The first-order valence-corrected chi connectivity index (χ1v) is 3.01. The monoisotopic (exact) mass is 127 g/mol. The first-order valence-electron chi connectivity index (χ1n) is 3.01. The lowest BCUT2D eigenvalue weighted by molar-refractivity contribution is 0.507. The molecule has 0 aromatic rings. The number of rotatable bonds is 0. The predicted octanol–water partition coefficient (Wildman–Crippen LogP) is 2.30. The van der Waals surface area contributed by atoms with E-state index in [1.54, 1.807) is 6.21 Å². The van der Waals surface area contributed by atoms with Gasteiger partial charge in [-0.25, -0.2) is 4.99 Å². The van der Waals surface area contributed by atoms with Crippen LogP contribution >= 0.6 is 0 Å². The van der Waals surface area contributed by atoms with Crippen LogP contribution in [0.2, 0.25) is 0 Å². The summed E-state index contributed by atoms with van der Waals surface area (Å²) < 4.78 is 12.2. The molecule has 1 aliphatic rings. The van der Waals surface area contributed by atoms with Crippen molar-refractivity contribution in [1.82, 2.24) is 0 Å². The number of aliphatic imine (C=N–C) groups is 1. The fraction of sp³-hybridized carbons (Fsp3) is 0.571. The molecule has 2 heteroatoms. The third-order valence-corrected chi connectivity index (χ3v) is 1.33. The van der Waals surface area contributed by atoms with Crippen molar-refractivity contribution in [2.75, 3.05) is 0 Å². The molecular formula is C7H10FN. The maximum absolute atomic E-state index is 12.2. The normalized spacial score (nSPS) is 23.7. The van der Waals surface area contributed by atoms with Gasteiger partial charge in [-0.3, -0.25) is 0 Å². The van der Waals surface area contributed by atoms with Crippen LogP contribution in [0.5, 0.6) is 0 Å². The Morgan fingerprint density at radius 3 is 2.67 bits per heavy atom. The minimum absolute atomic E-state index is 0.0512. The van der Waals surface area contributed by atoms with Gasteiger partial charge in [0.15, 0.2) is 0 Å². The van der Waals surface area contributed by atoms with E-state index in [-0.39, 0.29) is 11.4 Å². The molecule has 0 atom stereocenters. The maximum Gasteiger partial charge on any atom is 0.208 e. The highest BCUT2D eigenvalue weighted by Gasteiger charge is 2.16. The van der Waals surface area contributed by atoms with Crippen LogP contribution < -0.4 is 0 Å². The number of halogens is 1. The van der Waals surface area contributed by atoms with Crippen LogP contribution in [0.25, 0.3) is 0 Å². The largest absolute Gasteiger partial charge is 0.232 e. The molecule has 9 heavy (non-hydrogen) atoms. The molecule has 1 heterocycles. The molecule has 1 nitrogen and oxygen atoms in total. The van der Waals surface area contributed by atoms with E-state index < -0.39 is 0 Å². The van der Waals surface area contributed by atoms with Gasteiger partial charge in [0.25, 0.3) is 0 Å². The van der Waals surface area contributed by atoms with E-state index in [0.29, 0.717) is 0 Å². The second kappa shape index (κ2) is 1.94. The van der Waals surface area contributed by atoms with Crippen LogP contribution in [0.15, 0.2) is 17.0 Å². The molecule has 0 aromatic carbocycles. The Kier molecular flexibility index (Phi) is 1.39. The van der Waals surface area contributed by atoms with Crippen molar-refractivity contribution in [3.8, 4) is 0 Å². The van der Waals surface area contributed by atoms with Crippen LogP contribution in [0.4, 0.5) is 4.39 Å². The Hall–Kier alpha value is -0.660. The second-order valence-corrected chi connectivity index (χ2v) is 2.98. The summed E-state index contributed by atoms with van der Waals surface area (Å²) in [5, 5.41) is 0. The predicted molar refractivity (Wildman–Crippen MR) is 36.1 cm³/mol. The van der Waals surface area contributed by atoms with Crippen LogP contribution in [-0.2, 0) is 0 Å². The summed E-state index contributed by atoms with van der Waals surface area (Å²) in [6, 6.07) is 0. The fourth-order valence-corrected chi connectivity index (χ4v) is 0.689. The average Bonchev–Trinajstić information content (AvgIpc) is 1.78. The van der Waals surface area contributed by atoms with E-state index in [1.807, 2.05) is 13.8 Å². The van der Waals surface area contributed by atoms with Crippen LogP contribution in [0, 0.1) is 5.41 Å². The lowest BCUT2D eigenvalue weighted by atomic mass is 9.90. The molecule has 0 aliphatic carbocycles. The van der Waals surface area contributed by atoms with E-state index in [4.69, 9.17) is 0 Å². The van der Waals surface area contributed by atoms with Crippen LogP contribution in [0.1, 0.15) is 20.3 Å². The van der Waals surface area contributed by atoms with Crippen LogP contribution in [0.3, 0.4) is 0 Å². The molecule has 0 N–H and O–H groups in total. The average molecular weight is 127 g/mol. The molecule has 0 aromatic heterocycles. The number of nitrogens with zero attached hydrogens (tertiary/aromatic N) is 1. The SMILES string of the molecule is CC1(C)C=NC(F)=CC1. The van der Waals surface area contributed by atoms with Crippen LogP contribution in [-0.4, -0.2) is 6.21 Å². The Labute approximate surface area is 54.3 Å². The molecule has 0 saturated carbocycles. The Balaban J connectivity index is 2.70. The third-order valence-electron chi connectivity index (χ3n) is 1.33. The van der Waals surface area contributed by atoms with Crippen molar-refractivity contribution < 1.29 is 4.39 Å². The van der Waals surface area contributed by atoms with Crippen molar-refractivity contribution in [2.45, 2.75) is 20.3 Å². The fourth-order valence-electron chi connectivity index (χ4n) is 0.689. The summed E-state index contributed by atoms with van der Waals surface area (Å²) in [7, 11) is 0. The topological polar surface area (TPSA) is 12.4 Å². The highest BCUT2D eigenvalue weighted by molar-refractivity contribution is 5.67. The van der Waals surface area contributed by atoms with Gasteiger partial charge in [-0.1, -0.05) is 13.8 Å². The molecule has 1 rings (SSSR count). The number of allylic oxidation sites excluding steroid dienone is 1.